The smallest absolute Gasteiger partial charge is 0.255 e. The molecule has 1 aromatic heterocycles. The van der Waals surface area contributed by atoms with E-state index in [4.69, 9.17) is 4.74 Å². The third kappa shape index (κ3) is 2.92. The summed E-state index contributed by atoms with van der Waals surface area (Å²) in [5, 5.41) is 2.96. The summed E-state index contributed by atoms with van der Waals surface area (Å²) in [6, 6.07) is 10.8. The predicted molar refractivity (Wildman–Crippen MR) is 96.2 cm³/mol. The van der Waals surface area contributed by atoms with Crippen molar-refractivity contribution in [1.82, 2.24) is 15.2 Å². The zero-order chi connectivity index (χ0) is 18.1. The molecule has 2 aliphatic heterocycles. The number of nitrogens with one attached hydrogen (secondary N) is 1. The maximum atomic E-state index is 13.0. The number of piperidine rings is 1. The van der Waals surface area contributed by atoms with Crippen molar-refractivity contribution in [2.24, 2.45) is 0 Å². The second-order valence-electron chi connectivity index (χ2n) is 6.93. The van der Waals surface area contributed by atoms with E-state index < -0.39 is 5.60 Å². The van der Waals surface area contributed by atoms with E-state index in [9.17, 15) is 9.59 Å². The van der Waals surface area contributed by atoms with E-state index in [0.29, 0.717) is 36.5 Å². The Bertz CT molecular complexity index is 867. The van der Waals surface area contributed by atoms with Crippen molar-refractivity contribution < 1.29 is 14.3 Å². The second kappa shape index (κ2) is 6.44. The number of carbonyl (C=O) groups is 2. The second-order valence-corrected chi connectivity index (χ2v) is 6.93. The van der Waals surface area contributed by atoms with Crippen molar-refractivity contribution in [2.45, 2.75) is 25.4 Å². The van der Waals surface area contributed by atoms with Crippen LogP contribution in [0.2, 0.25) is 0 Å². The first kappa shape index (κ1) is 16.6. The molecule has 1 atom stereocenters. The van der Waals surface area contributed by atoms with Crippen LogP contribution in [0, 0.1) is 6.92 Å². The number of likely N-dealkylation sites (tertiary alicyclic amines) is 1. The molecule has 2 aromatic rings. The summed E-state index contributed by atoms with van der Waals surface area (Å²) in [5.41, 5.74) is 1.27. The minimum absolute atomic E-state index is 0.0397. The van der Waals surface area contributed by atoms with Crippen LogP contribution in [-0.4, -0.2) is 46.9 Å². The van der Waals surface area contributed by atoms with Crippen LogP contribution in [0.25, 0.3) is 0 Å². The zero-order valence-corrected chi connectivity index (χ0v) is 14.7. The molecule has 2 amide bonds. The molecule has 1 saturated heterocycles. The lowest BCUT2D eigenvalue weighted by molar-refractivity contribution is -0.000910. The number of hydrogen-bond donors (Lipinski definition) is 1. The number of amides is 2. The number of para-hydroxylation sites is 1. The normalized spacial score (nSPS) is 22.2. The van der Waals surface area contributed by atoms with E-state index >= 15 is 0 Å². The number of hydrogen-bond acceptors (Lipinski definition) is 4. The SMILES string of the molecule is Cc1ncccc1C(=O)N1CCC[C@@]2(CNC(=O)c3ccccc3O2)C1. The average molecular weight is 351 g/mol. The molecule has 6 heteroatoms. The van der Waals surface area contributed by atoms with Gasteiger partial charge in [0.2, 0.25) is 0 Å². The Morgan fingerprint density at radius 3 is 2.96 bits per heavy atom. The van der Waals surface area contributed by atoms with E-state index in [1.54, 1.807) is 24.4 Å². The van der Waals surface area contributed by atoms with E-state index in [2.05, 4.69) is 10.3 Å². The van der Waals surface area contributed by atoms with Crippen LogP contribution in [0.1, 0.15) is 39.3 Å². The summed E-state index contributed by atoms with van der Waals surface area (Å²) >= 11 is 0. The number of fused-ring (bicyclic) bond motifs is 1. The van der Waals surface area contributed by atoms with Crippen LogP contribution >= 0.6 is 0 Å². The topological polar surface area (TPSA) is 71.5 Å². The molecule has 2 aliphatic rings. The highest BCUT2D eigenvalue weighted by Gasteiger charge is 2.42. The highest BCUT2D eigenvalue weighted by atomic mass is 16.5. The Morgan fingerprint density at radius 1 is 1.27 bits per heavy atom. The molecule has 0 bridgehead atoms. The number of pyridine rings is 1. The maximum Gasteiger partial charge on any atom is 0.255 e. The number of aromatic nitrogens is 1. The lowest BCUT2D eigenvalue weighted by Crippen LogP contribution is -2.58. The molecular weight excluding hydrogens is 330 g/mol. The van der Waals surface area contributed by atoms with Gasteiger partial charge in [0.15, 0.2) is 0 Å². The van der Waals surface area contributed by atoms with E-state index in [0.717, 1.165) is 18.5 Å². The fourth-order valence-corrected chi connectivity index (χ4v) is 3.73. The lowest BCUT2D eigenvalue weighted by atomic mass is 9.91. The van der Waals surface area contributed by atoms with Gasteiger partial charge in [0.1, 0.15) is 11.4 Å². The minimum atomic E-state index is -0.605. The number of aryl methyl sites for hydroxylation is 1. The molecule has 3 heterocycles. The average Bonchev–Trinajstić information content (AvgIpc) is 2.79. The first-order valence-electron chi connectivity index (χ1n) is 8.85. The summed E-state index contributed by atoms with van der Waals surface area (Å²) in [7, 11) is 0. The molecule has 0 unspecified atom stereocenters. The van der Waals surface area contributed by atoms with E-state index in [-0.39, 0.29) is 11.8 Å². The molecular formula is C20H21N3O3. The van der Waals surface area contributed by atoms with E-state index in [1.807, 2.05) is 30.0 Å². The number of benzene rings is 1. The van der Waals surface area contributed by atoms with Gasteiger partial charge in [0.05, 0.1) is 24.2 Å². The van der Waals surface area contributed by atoms with Crippen LogP contribution in [0.3, 0.4) is 0 Å². The third-order valence-corrected chi connectivity index (χ3v) is 5.09. The summed E-state index contributed by atoms with van der Waals surface area (Å²) in [6.45, 7) is 3.34. The van der Waals surface area contributed by atoms with Gasteiger partial charge in [-0.3, -0.25) is 14.6 Å². The monoisotopic (exact) mass is 351 g/mol. The molecule has 134 valence electrons. The highest BCUT2D eigenvalue weighted by molar-refractivity contribution is 5.97. The van der Waals surface area contributed by atoms with Crippen molar-refractivity contribution >= 4 is 11.8 Å². The van der Waals surface area contributed by atoms with Gasteiger partial charge in [-0.2, -0.15) is 0 Å². The standard InChI is InChI=1S/C20H21N3O3/c1-14-15(7-4-10-21-14)19(25)23-11-5-9-20(13-23)12-22-18(24)16-6-2-3-8-17(16)26-20/h2-4,6-8,10H,5,9,11-13H2,1H3,(H,22,24)/t20-/m1/s1. The van der Waals surface area contributed by atoms with Gasteiger partial charge in [-0.05, 0) is 44.0 Å². The summed E-state index contributed by atoms with van der Waals surface area (Å²) in [6.07, 6.45) is 3.30. The summed E-state index contributed by atoms with van der Waals surface area (Å²) < 4.78 is 6.31. The van der Waals surface area contributed by atoms with Crippen LogP contribution in [0.5, 0.6) is 5.75 Å². The van der Waals surface area contributed by atoms with Gasteiger partial charge in [0.25, 0.3) is 11.8 Å². The van der Waals surface area contributed by atoms with Crippen LogP contribution in [0.15, 0.2) is 42.6 Å². The molecule has 0 radical (unpaired) electrons. The van der Waals surface area contributed by atoms with Gasteiger partial charge in [-0.1, -0.05) is 12.1 Å². The Morgan fingerprint density at radius 2 is 2.12 bits per heavy atom. The van der Waals surface area contributed by atoms with Crippen LogP contribution in [-0.2, 0) is 0 Å². The van der Waals surface area contributed by atoms with Crippen LogP contribution in [0.4, 0.5) is 0 Å². The molecule has 6 nitrogen and oxygen atoms in total. The molecule has 26 heavy (non-hydrogen) atoms. The fraction of sp³-hybridized carbons (Fsp3) is 0.350. The zero-order valence-electron chi connectivity index (χ0n) is 14.7. The van der Waals surface area contributed by atoms with Gasteiger partial charge in [-0.15, -0.1) is 0 Å². The quantitative estimate of drug-likeness (QED) is 0.855. The molecule has 0 saturated carbocycles. The Hall–Kier alpha value is -2.89. The molecule has 1 spiro atoms. The van der Waals surface area contributed by atoms with Crippen molar-refractivity contribution in [1.29, 1.82) is 0 Å². The number of rotatable bonds is 1. The number of carbonyl (C=O) groups excluding carboxylic acids is 2. The lowest BCUT2D eigenvalue weighted by Gasteiger charge is -2.42. The predicted octanol–water partition coefficient (Wildman–Crippen LogP) is 2.19. The number of nitrogens with zero attached hydrogens (tertiary/aromatic N) is 2. The van der Waals surface area contributed by atoms with Gasteiger partial charge in [0, 0.05) is 18.4 Å². The largest absolute Gasteiger partial charge is 0.483 e. The highest BCUT2D eigenvalue weighted by Crippen LogP contribution is 2.32. The number of ether oxygens (including phenoxy) is 1. The van der Waals surface area contributed by atoms with Crippen molar-refractivity contribution in [3.05, 3.63) is 59.4 Å². The molecule has 1 aromatic carbocycles. The van der Waals surface area contributed by atoms with Gasteiger partial charge >= 0.3 is 0 Å². The molecule has 4 rings (SSSR count). The van der Waals surface area contributed by atoms with Crippen LogP contribution < -0.4 is 10.1 Å². The Kier molecular flexibility index (Phi) is 4.11. The summed E-state index contributed by atoms with van der Waals surface area (Å²) in [4.78, 5) is 31.3. The van der Waals surface area contributed by atoms with Gasteiger partial charge in [-0.25, -0.2) is 0 Å². The summed E-state index contributed by atoms with van der Waals surface area (Å²) in [5.74, 6) is 0.403. The van der Waals surface area contributed by atoms with Gasteiger partial charge < -0.3 is 15.0 Å². The Labute approximate surface area is 152 Å². The van der Waals surface area contributed by atoms with Crippen molar-refractivity contribution in [2.75, 3.05) is 19.6 Å². The third-order valence-electron chi connectivity index (χ3n) is 5.09. The molecule has 1 fully saturated rings. The molecule has 0 aliphatic carbocycles. The first-order valence-corrected chi connectivity index (χ1v) is 8.85. The van der Waals surface area contributed by atoms with E-state index in [1.165, 1.54) is 0 Å². The fourth-order valence-electron chi connectivity index (χ4n) is 3.73. The first-order chi connectivity index (χ1) is 12.6. The minimum Gasteiger partial charge on any atom is -0.483 e. The maximum absolute atomic E-state index is 13.0. The van der Waals surface area contributed by atoms with Crippen molar-refractivity contribution in [3.63, 3.8) is 0 Å². The Balaban J connectivity index is 1.61. The molecule has 1 N–H and O–H groups in total. The van der Waals surface area contributed by atoms with Crippen molar-refractivity contribution in [3.8, 4) is 5.75 Å².